The summed E-state index contributed by atoms with van der Waals surface area (Å²) in [5.41, 5.74) is 2.40. The summed E-state index contributed by atoms with van der Waals surface area (Å²) in [7, 11) is 0. The molecule has 6 aliphatic rings. The summed E-state index contributed by atoms with van der Waals surface area (Å²) in [6.45, 7) is 2.61. The molecule has 8 nitrogen and oxygen atoms in total. The van der Waals surface area contributed by atoms with Gasteiger partial charge in [0.15, 0.2) is 0 Å². The molecule has 1 saturated heterocycles. The van der Waals surface area contributed by atoms with Crippen molar-refractivity contribution in [2.75, 3.05) is 26.4 Å². The Morgan fingerprint density at radius 3 is 2.87 bits per heavy atom. The fourth-order valence-electron chi connectivity index (χ4n) is 8.81. The van der Waals surface area contributed by atoms with E-state index in [1.807, 2.05) is 10.6 Å². The molecule has 4 bridgehead atoms. The number of ether oxygens (including phenoxy) is 1. The maximum absolute atomic E-state index is 15.0. The lowest BCUT2D eigenvalue weighted by atomic mass is 9.46. The molecule has 2 aliphatic heterocycles. The first-order valence-electron chi connectivity index (χ1n) is 14.3. The maximum atomic E-state index is 15.0. The first-order valence-corrected chi connectivity index (χ1v) is 14.3. The highest BCUT2D eigenvalue weighted by Gasteiger charge is 2.58. The molecule has 9 heteroatoms. The van der Waals surface area contributed by atoms with Crippen molar-refractivity contribution in [1.29, 1.82) is 0 Å². The monoisotopic (exact) mass is 523 g/mol. The molecule has 5 fully saturated rings. The van der Waals surface area contributed by atoms with Gasteiger partial charge in [-0.1, -0.05) is 12.1 Å². The van der Waals surface area contributed by atoms with Crippen molar-refractivity contribution in [3.63, 3.8) is 0 Å². The molecule has 204 valence electrons. The van der Waals surface area contributed by atoms with Crippen molar-refractivity contribution >= 4 is 6.03 Å². The molecular weight excluding hydrogens is 485 g/mol. The van der Waals surface area contributed by atoms with E-state index in [1.54, 1.807) is 18.6 Å². The minimum absolute atomic E-state index is 0.114. The fourth-order valence-corrected chi connectivity index (χ4v) is 8.81. The van der Waals surface area contributed by atoms with Crippen LogP contribution in [0.2, 0.25) is 0 Å². The lowest BCUT2D eigenvalue weighted by Crippen LogP contribution is -2.62. The third-order valence-corrected chi connectivity index (χ3v) is 10.3. The molecule has 5 unspecified atom stereocenters. The largest absolute Gasteiger partial charge is 0.392 e. The number of nitrogens with zero attached hydrogens (tertiary/aromatic N) is 2. The second kappa shape index (κ2) is 9.61. The van der Waals surface area contributed by atoms with Crippen LogP contribution in [0.15, 0.2) is 30.7 Å². The molecule has 1 aromatic heterocycles. The van der Waals surface area contributed by atoms with Gasteiger partial charge in [-0.3, -0.25) is 5.32 Å². The Balaban J connectivity index is 0.990. The van der Waals surface area contributed by atoms with Crippen molar-refractivity contribution in [2.24, 2.45) is 29.1 Å². The quantitative estimate of drug-likeness (QED) is 0.398. The number of amides is 2. The van der Waals surface area contributed by atoms with Gasteiger partial charge in [-0.05, 0) is 74.2 Å². The van der Waals surface area contributed by atoms with Crippen LogP contribution in [-0.4, -0.2) is 59.3 Å². The average molecular weight is 524 g/mol. The highest BCUT2D eigenvalue weighted by atomic mass is 19.1. The summed E-state index contributed by atoms with van der Waals surface area (Å²) < 4.78 is 22.4. The third kappa shape index (κ3) is 4.14. The third-order valence-electron chi connectivity index (χ3n) is 10.3. The number of imidazole rings is 1. The lowest BCUT2D eigenvalue weighted by Gasteiger charge is -2.61. The number of fused-ring (bicyclic) bond motifs is 3. The van der Waals surface area contributed by atoms with E-state index in [1.165, 1.54) is 18.9 Å². The zero-order valence-corrected chi connectivity index (χ0v) is 21.7. The Kier molecular flexibility index (Phi) is 6.21. The fraction of sp³-hybridized carbons (Fsp3) is 0.655. The van der Waals surface area contributed by atoms with Gasteiger partial charge in [0.1, 0.15) is 5.82 Å². The van der Waals surface area contributed by atoms with E-state index in [4.69, 9.17) is 4.74 Å². The smallest absolute Gasteiger partial charge is 0.315 e. The van der Waals surface area contributed by atoms with Crippen LogP contribution < -0.4 is 16.0 Å². The molecule has 0 radical (unpaired) electrons. The zero-order chi connectivity index (χ0) is 25.9. The van der Waals surface area contributed by atoms with Crippen molar-refractivity contribution in [3.8, 4) is 11.3 Å². The van der Waals surface area contributed by atoms with E-state index >= 15 is 0 Å². The number of hydrogen-bond donors (Lipinski definition) is 4. The average Bonchev–Trinajstić information content (AvgIpc) is 3.64. The summed E-state index contributed by atoms with van der Waals surface area (Å²) in [6.07, 6.45) is 9.99. The molecule has 4 saturated carbocycles. The van der Waals surface area contributed by atoms with E-state index < -0.39 is 6.10 Å². The molecule has 0 spiro atoms. The minimum Gasteiger partial charge on any atom is -0.392 e. The number of halogens is 1. The van der Waals surface area contributed by atoms with Gasteiger partial charge < -0.3 is 25.0 Å². The van der Waals surface area contributed by atoms with Crippen LogP contribution in [0.25, 0.3) is 11.3 Å². The zero-order valence-electron chi connectivity index (χ0n) is 21.7. The van der Waals surface area contributed by atoms with Gasteiger partial charge in [0.25, 0.3) is 0 Å². The lowest BCUT2D eigenvalue weighted by molar-refractivity contribution is -0.137. The number of aliphatic hydroxyl groups excluding tert-OH is 1. The number of rotatable bonds is 8. The maximum Gasteiger partial charge on any atom is 0.315 e. The van der Waals surface area contributed by atoms with Crippen LogP contribution in [0, 0.1) is 34.9 Å². The van der Waals surface area contributed by atoms with Crippen molar-refractivity contribution in [1.82, 2.24) is 25.5 Å². The second-order valence-electron chi connectivity index (χ2n) is 12.5. The Hall–Kier alpha value is -2.49. The Morgan fingerprint density at radius 1 is 1.24 bits per heavy atom. The number of benzene rings is 1. The first kappa shape index (κ1) is 24.5. The van der Waals surface area contributed by atoms with E-state index in [9.17, 15) is 14.3 Å². The predicted molar refractivity (Wildman–Crippen MR) is 140 cm³/mol. The molecular formula is C29H38FN5O3. The van der Waals surface area contributed by atoms with Gasteiger partial charge in [-0.2, -0.15) is 0 Å². The highest BCUT2D eigenvalue weighted by Crippen LogP contribution is 2.62. The molecule has 5 atom stereocenters. The van der Waals surface area contributed by atoms with E-state index in [-0.39, 0.29) is 23.3 Å². The van der Waals surface area contributed by atoms with Gasteiger partial charge in [0, 0.05) is 36.2 Å². The summed E-state index contributed by atoms with van der Waals surface area (Å²) >= 11 is 0. The number of hydrogen-bond acceptors (Lipinski definition) is 5. The van der Waals surface area contributed by atoms with Gasteiger partial charge in [-0.15, -0.1) is 0 Å². The van der Waals surface area contributed by atoms with E-state index in [0.29, 0.717) is 54.9 Å². The van der Waals surface area contributed by atoms with E-state index in [2.05, 4.69) is 20.9 Å². The normalized spacial score (nSPS) is 35.2. The first-order chi connectivity index (χ1) is 18.5. The number of carbonyl (C=O) groups is 1. The van der Waals surface area contributed by atoms with E-state index in [0.717, 1.165) is 50.2 Å². The summed E-state index contributed by atoms with van der Waals surface area (Å²) in [5, 5.41) is 21.4. The molecule has 4 N–H and O–H groups in total. The van der Waals surface area contributed by atoms with Gasteiger partial charge in [0.05, 0.1) is 43.6 Å². The Labute approximate surface area is 222 Å². The number of aromatic nitrogens is 2. The Morgan fingerprint density at radius 2 is 2.08 bits per heavy atom. The summed E-state index contributed by atoms with van der Waals surface area (Å²) in [5.74, 6) is 1.84. The molecule has 2 amide bonds. The number of aliphatic hydroxyl groups is 1. The second-order valence-corrected chi connectivity index (χ2v) is 12.5. The van der Waals surface area contributed by atoms with Crippen molar-refractivity contribution in [3.05, 3.63) is 42.1 Å². The van der Waals surface area contributed by atoms with Gasteiger partial charge in [-0.25, -0.2) is 14.2 Å². The number of nitrogens with one attached hydrogen (secondary N) is 3. The molecule has 1 aromatic carbocycles. The highest BCUT2D eigenvalue weighted by molar-refractivity contribution is 5.73. The SMILES string of the molecule is O=C(NCNC1C2CC3CC1CC(C(O)CC1c4c(F)cccc4-c4cncn41)(C3)C2)NCC1CCOC1. The van der Waals surface area contributed by atoms with Crippen LogP contribution in [0.1, 0.15) is 56.6 Å². The van der Waals surface area contributed by atoms with Crippen LogP contribution in [-0.2, 0) is 4.74 Å². The van der Waals surface area contributed by atoms with Crippen molar-refractivity contribution < 1.29 is 19.0 Å². The molecule has 4 aliphatic carbocycles. The molecule has 2 aromatic rings. The number of carbonyl (C=O) groups excluding carboxylic acids is 1. The van der Waals surface area contributed by atoms with Gasteiger partial charge in [0.2, 0.25) is 0 Å². The van der Waals surface area contributed by atoms with Crippen LogP contribution in [0.5, 0.6) is 0 Å². The molecule has 8 rings (SSSR count). The Bertz CT molecular complexity index is 1180. The van der Waals surface area contributed by atoms with Gasteiger partial charge >= 0.3 is 6.03 Å². The van der Waals surface area contributed by atoms with Crippen molar-refractivity contribution in [2.45, 2.75) is 63.1 Å². The summed E-state index contributed by atoms with van der Waals surface area (Å²) in [4.78, 5) is 16.6. The van der Waals surface area contributed by atoms with Crippen LogP contribution in [0.4, 0.5) is 9.18 Å². The van der Waals surface area contributed by atoms with Crippen LogP contribution in [0.3, 0.4) is 0 Å². The minimum atomic E-state index is -0.495. The standard InChI is InChI=1S/C29H38FN5O3/c30-22-3-1-2-21-24-13-31-16-35(24)23(26(21)22)8-25(36)29-9-18-6-19(10-29)27(20(7-18)11-29)33-15-34-28(37)32-12-17-4-5-38-14-17/h1-3,13,16-20,23,25,27,33,36H,4-12,14-15H2,(H2,32,34,37). The number of urea groups is 1. The predicted octanol–water partition coefficient (Wildman–Crippen LogP) is 3.42. The molecule has 38 heavy (non-hydrogen) atoms. The molecule has 3 heterocycles. The summed E-state index contributed by atoms with van der Waals surface area (Å²) in [6, 6.07) is 5.23. The topological polar surface area (TPSA) is 100 Å². The van der Waals surface area contributed by atoms with Crippen LogP contribution >= 0.6 is 0 Å².